The average Bonchev–Trinajstić information content (AvgIpc) is 2.49. The molecule has 1 N–H and O–H groups in total. The summed E-state index contributed by atoms with van der Waals surface area (Å²) >= 11 is 11.9. The molecule has 0 aliphatic heterocycles. The maximum Gasteiger partial charge on any atom is 0.266 e. The maximum atomic E-state index is 12.2. The quantitative estimate of drug-likeness (QED) is 0.646. The molecule has 0 atom stereocenters. The van der Waals surface area contributed by atoms with Crippen molar-refractivity contribution < 1.29 is 4.79 Å². The fourth-order valence-corrected chi connectivity index (χ4v) is 2.27. The molecule has 0 aliphatic rings. The zero-order valence-corrected chi connectivity index (χ0v) is 13.2. The van der Waals surface area contributed by atoms with Crippen LogP contribution in [-0.2, 0) is 4.79 Å². The highest BCUT2D eigenvalue weighted by molar-refractivity contribution is 6.32. The fourth-order valence-electron chi connectivity index (χ4n) is 1.85. The van der Waals surface area contributed by atoms with Crippen molar-refractivity contribution in [3.05, 3.63) is 69.2 Å². The largest absolute Gasteiger partial charge is 0.321 e. The molecule has 0 spiro atoms. The Morgan fingerprint density at radius 1 is 1.23 bits per heavy atom. The topological polar surface area (TPSA) is 52.9 Å². The first kappa shape index (κ1) is 16.1. The molecule has 2 aromatic rings. The second kappa shape index (κ2) is 7.13. The van der Waals surface area contributed by atoms with Crippen LogP contribution in [0.5, 0.6) is 0 Å². The molecule has 0 saturated heterocycles. The van der Waals surface area contributed by atoms with Gasteiger partial charge in [0.1, 0.15) is 11.6 Å². The van der Waals surface area contributed by atoms with Crippen molar-refractivity contribution in [2.24, 2.45) is 0 Å². The molecule has 0 aromatic heterocycles. The molecule has 0 bridgehead atoms. The van der Waals surface area contributed by atoms with Crippen molar-refractivity contribution in [1.29, 1.82) is 5.26 Å². The van der Waals surface area contributed by atoms with Crippen molar-refractivity contribution in [2.45, 2.75) is 6.92 Å². The predicted octanol–water partition coefficient (Wildman–Crippen LogP) is 4.85. The van der Waals surface area contributed by atoms with E-state index in [9.17, 15) is 10.1 Å². The number of nitriles is 1. The monoisotopic (exact) mass is 330 g/mol. The van der Waals surface area contributed by atoms with Gasteiger partial charge in [0.05, 0.1) is 0 Å². The van der Waals surface area contributed by atoms with E-state index in [-0.39, 0.29) is 5.57 Å². The van der Waals surface area contributed by atoms with Gasteiger partial charge in [-0.25, -0.2) is 0 Å². The smallest absolute Gasteiger partial charge is 0.266 e. The van der Waals surface area contributed by atoms with Crippen molar-refractivity contribution in [3.8, 4) is 6.07 Å². The number of carbonyl (C=O) groups is 1. The van der Waals surface area contributed by atoms with Crippen molar-refractivity contribution >= 4 is 40.9 Å². The Hall–Kier alpha value is -2.28. The number of hydrogen-bond acceptors (Lipinski definition) is 2. The lowest BCUT2D eigenvalue weighted by molar-refractivity contribution is -0.112. The summed E-state index contributed by atoms with van der Waals surface area (Å²) in [6, 6.07) is 14.0. The van der Waals surface area contributed by atoms with Crippen LogP contribution in [0.3, 0.4) is 0 Å². The third kappa shape index (κ3) is 3.88. The Morgan fingerprint density at radius 2 is 1.95 bits per heavy atom. The molecule has 2 aromatic carbocycles. The average molecular weight is 331 g/mol. The summed E-state index contributed by atoms with van der Waals surface area (Å²) < 4.78 is 0. The molecule has 0 unspecified atom stereocenters. The zero-order valence-electron chi connectivity index (χ0n) is 11.7. The van der Waals surface area contributed by atoms with E-state index in [1.807, 2.05) is 13.0 Å². The molecule has 110 valence electrons. The molecule has 0 saturated carbocycles. The van der Waals surface area contributed by atoms with Crippen molar-refractivity contribution in [2.75, 3.05) is 5.32 Å². The van der Waals surface area contributed by atoms with Gasteiger partial charge < -0.3 is 5.32 Å². The lowest BCUT2D eigenvalue weighted by Gasteiger charge is -2.08. The number of carbonyl (C=O) groups excluding carboxylic acids is 1. The molecule has 22 heavy (non-hydrogen) atoms. The number of benzene rings is 2. The van der Waals surface area contributed by atoms with E-state index in [4.69, 9.17) is 23.2 Å². The molecule has 0 fully saturated rings. The molecule has 2 rings (SSSR count). The number of hydrogen-bond donors (Lipinski definition) is 1. The molecular weight excluding hydrogens is 319 g/mol. The van der Waals surface area contributed by atoms with Gasteiger partial charge in [-0.2, -0.15) is 5.26 Å². The standard InChI is InChI=1S/C17H12Cl2N2O/c1-11-8-14(18)6-7-16(11)21-17(22)13(10-20)9-12-4-2-3-5-15(12)19/h2-9H,1H3,(H,21,22)/b13-9+. The summed E-state index contributed by atoms with van der Waals surface area (Å²) in [5, 5.41) is 13.0. The van der Waals surface area contributed by atoms with Crippen molar-refractivity contribution in [3.63, 3.8) is 0 Å². The molecule has 0 aliphatic carbocycles. The van der Waals surface area contributed by atoms with E-state index < -0.39 is 5.91 Å². The molecule has 0 heterocycles. The molecule has 3 nitrogen and oxygen atoms in total. The zero-order chi connectivity index (χ0) is 16.1. The highest BCUT2D eigenvalue weighted by Crippen LogP contribution is 2.21. The molecular formula is C17H12Cl2N2O. The lowest BCUT2D eigenvalue weighted by Crippen LogP contribution is -2.14. The highest BCUT2D eigenvalue weighted by atomic mass is 35.5. The Morgan fingerprint density at radius 3 is 2.59 bits per heavy atom. The Bertz CT molecular complexity index is 791. The summed E-state index contributed by atoms with van der Waals surface area (Å²) in [6.07, 6.45) is 1.46. The lowest BCUT2D eigenvalue weighted by atomic mass is 10.1. The summed E-state index contributed by atoms with van der Waals surface area (Å²) in [7, 11) is 0. The number of nitrogens with zero attached hydrogens (tertiary/aromatic N) is 1. The van der Waals surface area contributed by atoms with Gasteiger partial charge in [0.25, 0.3) is 5.91 Å². The number of rotatable bonds is 3. The predicted molar refractivity (Wildman–Crippen MR) is 89.9 cm³/mol. The first-order chi connectivity index (χ1) is 10.5. The number of nitrogens with one attached hydrogen (secondary N) is 1. The van der Waals surface area contributed by atoms with Crippen LogP contribution in [0, 0.1) is 18.3 Å². The van der Waals surface area contributed by atoms with Crippen LogP contribution in [0.25, 0.3) is 6.08 Å². The van der Waals surface area contributed by atoms with Crippen LogP contribution in [-0.4, -0.2) is 5.91 Å². The van der Waals surface area contributed by atoms with Crippen LogP contribution in [0.2, 0.25) is 10.0 Å². The van der Waals surface area contributed by atoms with E-state index in [1.165, 1.54) is 6.08 Å². The van der Waals surface area contributed by atoms with Gasteiger partial charge in [-0.15, -0.1) is 0 Å². The normalized spacial score (nSPS) is 10.9. The van der Waals surface area contributed by atoms with Crippen LogP contribution in [0.4, 0.5) is 5.69 Å². The second-order valence-corrected chi connectivity index (χ2v) is 5.45. The minimum absolute atomic E-state index is 0.0255. The Balaban J connectivity index is 2.27. The summed E-state index contributed by atoms with van der Waals surface area (Å²) in [5.41, 5.74) is 2.01. The minimum atomic E-state index is -0.493. The van der Waals surface area contributed by atoms with Crippen molar-refractivity contribution in [1.82, 2.24) is 0 Å². The number of amides is 1. The number of anilines is 1. The first-order valence-electron chi connectivity index (χ1n) is 6.45. The Labute approximate surface area is 138 Å². The van der Waals surface area contributed by atoms with E-state index in [1.54, 1.807) is 42.5 Å². The minimum Gasteiger partial charge on any atom is -0.321 e. The van der Waals surface area contributed by atoms with Gasteiger partial charge in [0.2, 0.25) is 0 Å². The van der Waals surface area contributed by atoms with E-state index >= 15 is 0 Å². The summed E-state index contributed by atoms with van der Waals surface area (Å²) in [5.74, 6) is -0.493. The maximum absolute atomic E-state index is 12.2. The van der Waals surface area contributed by atoms with Crippen LogP contribution < -0.4 is 5.32 Å². The molecule has 0 radical (unpaired) electrons. The fraction of sp³-hybridized carbons (Fsp3) is 0.0588. The Kier molecular flexibility index (Phi) is 5.21. The van der Waals surface area contributed by atoms with E-state index in [2.05, 4.69) is 5.32 Å². The van der Waals surface area contributed by atoms with Crippen LogP contribution in [0.15, 0.2) is 48.0 Å². The van der Waals surface area contributed by atoms with Gasteiger partial charge in [-0.1, -0.05) is 41.4 Å². The molecule has 1 amide bonds. The van der Waals surface area contributed by atoms with Crippen LogP contribution >= 0.6 is 23.2 Å². The summed E-state index contributed by atoms with van der Waals surface area (Å²) in [6.45, 7) is 1.82. The number of aryl methyl sites for hydroxylation is 1. The van der Waals surface area contributed by atoms with Gasteiger partial charge in [0, 0.05) is 15.7 Å². The SMILES string of the molecule is Cc1cc(Cl)ccc1NC(=O)/C(C#N)=C/c1ccccc1Cl. The third-order valence-corrected chi connectivity index (χ3v) is 3.59. The van der Waals surface area contributed by atoms with Gasteiger partial charge in [-0.05, 0) is 48.4 Å². The van der Waals surface area contributed by atoms with Gasteiger partial charge in [-0.3, -0.25) is 4.79 Å². The molecule has 5 heteroatoms. The van der Waals surface area contributed by atoms with Crippen LogP contribution in [0.1, 0.15) is 11.1 Å². The van der Waals surface area contributed by atoms with Gasteiger partial charge >= 0.3 is 0 Å². The second-order valence-electron chi connectivity index (χ2n) is 4.60. The summed E-state index contributed by atoms with van der Waals surface area (Å²) in [4.78, 5) is 12.2. The highest BCUT2D eigenvalue weighted by Gasteiger charge is 2.11. The number of halogens is 2. The first-order valence-corrected chi connectivity index (χ1v) is 7.20. The van der Waals surface area contributed by atoms with Gasteiger partial charge in [0.15, 0.2) is 0 Å². The third-order valence-electron chi connectivity index (χ3n) is 3.01. The van der Waals surface area contributed by atoms with E-state index in [0.29, 0.717) is 21.3 Å². The van der Waals surface area contributed by atoms with E-state index in [0.717, 1.165) is 5.56 Å².